The van der Waals surface area contributed by atoms with Crippen molar-refractivity contribution < 1.29 is 0 Å². The van der Waals surface area contributed by atoms with Crippen molar-refractivity contribution >= 4 is 0 Å². The Morgan fingerprint density at radius 2 is 1.58 bits per heavy atom. The second kappa shape index (κ2) is 7.27. The van der Waals surface area contributed by atoms with Crippen LogP contribution in [0, 0.1) is 6.92 Å². The van der Waals surface area contributed by atoms with Crippen molar-refractivity contribution in [3.63, 3.8) is 0 Å². The quantitative estimate of drug-likeness (QED) is 0.611. The first kappa shape index (κ1) is 16.7. The molecule has 1 N–H and O–H groups in total. The lowest BCUT2D eigenvalue weighted by molar-refractivity contribution is 0.456. The van der Waals surface area contributed by atoms with Crippen LogP contribution in [0.1, 0.15) is 42.1 Å². The predicted octanol–water partition coefficient (Wildman–Crippen LogP) is 5.78. The summed E-state index contributed by atoms with van der Waals surface area (Å²) in [4.78, 5) is 4.78. The first-order valence-corrected chi connectivity index (χ1v) is 9.22. The molecule has 0 fully saturated rings. The van der Waals surface area contributed by atoms with Gasteiger partial charge >= 0.3 is 0 Å². The summed E-state index contributed by atoms with van der Waals surface area (Å²) in [7, 11) is 0. The number of nitrogens with zero attached hydrogens (tertiary/aromatic N) is 1. The molecule has 2 nitrogen and oxygen atoms in total. The summed E-state index contributed by atoms with van der Waals surface area (Å²) in [5.74, 6) is 0. The minimum Gasteiger partial charge on any atom is -0.299 e. The largest absolute Gasteiger partial charge is 0.299 e. The number of hydrogen-bond acceptors (Lipinski definition) is 2. The van der Waals surface area contributed by atoms with Gasteiger partial charge < -0.3 is 0 Å². The number of aromatic nitrogens is 1. The minimum absolute atomic E-state index is 0.268. The molecule has 26 heavy (non-hydrogen) atoms. The third-order valence-electron chi connectivity index (χ3n) is 5.18. The van der Waals surface area contributed by atoms with Crippen molar-refractivity contribution in [2.75, 3.05) is 0 Å². The van der Waals surface area contributed by atoms with Gasteiger partial charge in [-0.1, -0.05) is 78.4 Å². The molecule has 0 saturated heterocycles. The summed E-state index contributed by atoms with van der Waals surface area (Å²) in [6, 6.07) is 23.9. The van der Waals surface area contributed by atoms with Gasteiger partial charge in [0.05, 0.1) is 11.7 Å². The molecule has 2 heteroatoms. The number of hydrogen-bond donors (Lipinski definition) is 1. The molecular weight excluding hydrogens is 316 g/mol. The highest BCUT2D eigenvalue weighted by Gasteiger charge is 2.24. The Kier molecular flexibility index (Phi) is 4.68. The molecule has 3 aromatic rings. The fourth-order valence-electron chi connectivity index (χ4n) is 3.74. The SMILES string of the molecule is CC1=CC[C@H](c2cnc(-c3ccccc3)c(C)c2)N[C@H]1c1ccccc1. The van der Waals surface area contributed by atoms with Gasteiger partial charge in [-0.3, -0.25) is 10.3 Å². The number of aryl methyl sites for hydroxylation is 1. The summed E-state index contributed by atoms with van der Waals surface area (Å²) in [5, 5.41) is 3.81. The van der Waals surface area contributed by atoms with Crippen molar-refractivity contribution in [2.45, 2.75) is 32.4 Å². The Hall–Kier alpha value is -2.71. The molecule has 1 aliphatic heterocycles. The lowest BCUT2D eigenvalue weighted by Gasteiger charge is -2.31. The molecule has 2 heterocycles. The van der Waals surface area contributed by atoms with Gasteiger partial charge in [0, 0.05) is 17.8 Å². The van der Waals surface area contributed by atoms with Gasteiger partial charge in [-0.25, -0.2) is 0 Å². The summed E-state index contributed by atoms with van der Waals surface area (Å²) >= 11 is 0. The summed E-state index contributed by atoms with van der Waals surface area (Å²) < 4.78 is 0. The van der Waals surface area contributed by atoms with Crippen LogP contribution in [0.5, 0.6) is 0 Å². The fraction of sp³-hybridized carbons (Fsp3) is 0.208. The van der Waals surface area contributed by atoms with Gasteiger partial charge in [-0.2, -0.15) is 0 Å². The third kappa shape index (κ3) is 3.33. The lowest BCUT2D eigenvalue weighted by atomic mass is 9.90. The normalized spacial score (nSPS) is 19.8. The first-order valence-electron chi connectivity index (χ1n) is 9.22. The molecular formula is C24H24N2. The van der Waals surface area contributed by atoms with Crippen LogP contribution in [0.2, 0.25) is 0 Å². The Labute approximate surface area is 155 Å². The number of pyridine rings is 1. The van der Waals surface area contributed by atoms with Crippen LogP contribution < -0.4 is 5.32 Å². The summed E-state index contributed by atoms with van der Waals surface area (Å²) in [6.45, 7) is 4.36. The van der Waals surface area contributed by atoms with Crippen molar-refractivity contribution in [1.82, 2.24) is 10.3 Å². The standard InChI is InChI=1S/C24H24N2/c1-17-13-14-22(26-24(17)20-11-7-4-8-12-20)21-15-18(2)23(25-16-21)19-9-5-3-6-10-19/h3-13,15-16,22,24,26H,14H2,1-2H3/t22-,24-/m1/s1. The third-order valence-corrected chi connectivity index (χ3v) is 5.18. The van der Waals surface area contributed by atoms with Crippen LogP contribution in [-0.4, -0.2) is 4.98 Å². The topological polar surface area (TPSA) is 24.9 Å². The van der Waals surface area contributed by atoms with E-state index in [0.717, 1.165) is 12.1 Å². The lowest BCUT2D eigenvalue weighted by Crippen LogP contribution is -2.30. The highest BCUT2D eigenvalue weighted by molar-refractivity contribution is 5.62. The van der Waals surface area contributed by atoms with Crippen molar-refractivity contribution in [1.29, 1.82) is 0 Å². The molecule has 1 aliphatic rings. The minimum atomic E-state index is 0.268. The van der Waals surface area contributed by atoms with E-state index in [9.17, 15) is 0 Å². The molecule has 0 amide bonds. The molecule has 0 saturated carbocycles. The first-order chi connectivity index (χ1) is 12.7. The Balaban J connectivity index is 1.61. The second-order valence-electron chi connectivity index (χ2n) is 7.05. The van der Waals surface area contributed by atoms with Crippen LogP contribution in [0.25, 0.3) is 11.3 Å². The maximum Gasteiger partial charge on any atom is 0.0731 e. The molecule has 2 atom stereocenters. The average molecular weight is 340 g/mol. The number of rotatable bonds is 3. The van der Waals surface area contributed by atoms with Gasteiger partial charge in [0.25, 0.3) is 0 Å². The zero-order chi connectivity index (χ0) is 17.9. The van der Waals surface area contributed by atoms with E-state index in [2.05, 4.69) is 85.9 Å². The maximum atomic E-state index is 4.78. The Morgan fingerprint density at radius 1 is 0.885 bits per heavy atom. The molecule has 0 bridgehead atoms. The van der Waals surface area contributed by atoms with Gasteiger partial charge in [0.1, 0.15) is 0 Å². The van der Waals surface area contributed by atoms with E-state index in [1.807, 2.05) is 12.3 Å². The van der Waals surface area contributed by atoms with E-state index < -0.39 is 0 Å². The Morgan fingerprint density at radius 3 is 2.27 bits per heavy atom. The van der Waals surface area contributed by atoms with Crippen LogP contribution in [0.3, 0.4) is 0 Å². The fourth-order valence-corrected chi connectivity index (χ4v) is 3.74. The van der Waals surface area contributed by atoms with Gasteiger partial charge in [0.15, 0.2) is 0 Å². The zero-order valence-corrected chi connectivity index (χ0v) is 15.3. The van der Waals surface area contributed by atoms with Crippen molar-refractivity contribution in [3.8, 4) is 11.3 Å². The molecule has 0 radical (unpaired) electrons. The summed E-state index contributed by atoms with van der Waals surface area (Å²) in [5.41, 5.74) is 7.42. The molecule has 4 rings (SSSR count). The molecule has 0 spiro atoms. The second-order valence-corrected chi connectivity index (χ2v) is 7.05. The van der Waals surface area contributed by atoms with Crippen molar-refractivity contribution in [3.05, 3.63) is 101 Å². The van der Waals surface area contributed by atoms with Crippen LogP contribution in [0.15, 0.2) is 84.6 Å². The van der Waals surface area contributed by atoms with Gasteiger partial charge in [0.2, 0.25) is 0 Å². The molecule has 0 aliphatic carbocycles. The van der Waals surface area contributed by atoms with E-state index >= 15 is 0 Å². The van der Waals surface area contributed by atoms with Crippen LogP contribution >= 0.6 is 0 Å². The van der Waals surface area contributed by atoms with Crippen LogP contribution in [0.4, 0.5) is 0 Å². The highest BCUT2D eigenvalue weighted by Crippen LogP contribution is 2.33. The molecule has 2 aromatic carbocycles. The smallest absolute Gasteiger partial charge is 0.0731 e. The van der Waals surface area contributed by atoms with E-state index in [1.54, 1.807) is 0 Å². The molecule has 1 aromatic heterocycles. The van der Waals surface area contributed by atoms with Crippen LogP contribution in [-0.2, 0) is 0 Å². The number of nitrogens with one attached hydrogen (secondary N) is 1. The van der Waals surface area contributed by atoms with E-state index in [0.29, 0.717) is 6.04 Å². The van der Waals surface area contributed by atoms with E-state index in [4.69, 9.17) is 4.98 Å². The van der Waals surface area contributed by atoms with Crippen molar-refractivity contribution in [2.24, 2.45) is 0 Å². The monoisotopic (exact) mass is 340 g/mol. The predicted molar refractivity (Wildman–Crippen MR) is 108 cm³/mol. The number of benzene rings is 2. The van der Waals surface area contributed by atoms with E-state index in [-0.39, 0.29) is 6.04 Å². The van der Waals surface area contributed by atoms with Gasteiger partial charge in [-0.15, -0.1) is 0 Å². The summed E-state index contributed by atoms with van der Waals surface area (Å²) in [6.07, 6.45) is 5.39. The zero-order valence-electron chi connectivity index (χ0n) is 15.3. The van der Waals surface area contributed by atoms with Gasteiger partial charge in [-0.05, 0) is 37.0 Å². The highest BCUT2D eigenvalue weighted by atomic mass is 15.0. The maximum absolute atomic E-state index is 4.78. The average Bonchev–Trinajstić information content (AvgIpc) is 2.69. The molecule has 0 unspecified atom stereocenters. The Bertz CT molecular complexity index is 913. The molecule has 130 valence electrons. The van der Waals surface area contributed by atoms with E-state index in [1.165, 1.54) is 27.8 Å².